The maximum Gasteiger partial charge on any atom is 0.199 e. The van der Waals surface area contributed by atoms with E-state index in [-0.39, 0.29) is 6.29 Å². The smallest absolute Gasteiger partial charge is 0.199 e. The average molecular weight is 230 g/mol. The van der Waals surface area contributed by atoms with Gasteiger partial charge in [0.25, 0.3) is 0 Å². The molecule has 2 rings (SSSR count). The van der Waals surface area contributed by atoms with Crippen molar-refractivity contribution in [2.24, 2.45) is 0 Å². The van der Waals surface area contributed by atoms with Crippen LogP contribution in [0.25, 0.3) is 6.08 Å². The SMILES string of the molecule is O=C=C=Cc1ccc(OC2CCCCO2)cc1. The second-order valence-corrected chi connectivity index (χ2v) is 3.87. The third-order valence-electron chi connectivity index (χ3n) is 2.58. The summed E-state index contributed by atoms with van der Waals surface area (Å²) in [5.41, 5.74) is 3.26. The molecule has 88 valence electrons. The van der Waals surface area contributed by atoms with Gasteiger partial charge in [-0.1, -0.05) is 12.1 Å². The van der Waals surface area contributed by atoms with E-state index in [1.807, 2.05) is 24.3 Å². The Bertz CT molecular complexity index is 431. The summed E-state index contributed by atoms with van der Waals surface area (Å²) in [6.07, 6.45) is 4.65. The van der Waals surface area contributed by atoms with E-state index in [1.165, 1.54) is 0 Å². The Morgan fingerprint density at radius 2 is 2.12 bits per heavy atom. The second kappa shape index (κ2) is 6.07. The maximum absolute atomic E-state index is 10.00. The van der Waals surface area contributed by atoms with E-state index < -0.39 is 0 Å². The van der Waals surface area contributed by atoms with Gasteiger partial charge >= 0.3 is 0 Å². The van der Waals surface area contributed by atoms with Crippen LogP contribution < -0.4 is 4.74 Å². The van der Waals surface area contributed by atoms with Gasteiger partial charge in [0, 0.05) is 6.42 Å². The molecule has 1 aliphatic rings. The zero-order valence-corrected chi connectivity index (χ0v) is 9.52. The molecule has 3 nitrogen and oxygen atoms in total. The summed E-state index contributed by atoms with van der Waals surface area (Å²) in [5, 5.41) is 0. The van der Waals surface area contributed by atoms with E-state index in [0.717, 1.165) is 37.2 Å². The van der Waals surface area contributed by atoms with E-state index in [1.54, 1.807) is 12.0 Å². The van der Waals surface area contributed by atoms with Crippen LogP contribution in [0.1, 0.15) is 24.8 Å². The van der Waals surface area contributed by atoms with Crippen LogP contribution in [0.3, 0.4) is 0 Å². The topological polar surface area (TPSA) is 35.5 Å². The Balaban J connectivity index is 1.97. The lowest BCUT2D eigenvalue weighted by Gasteiger charge is -2.23. The minimum absolute atomic E-state index is 0.125. The zero-order chi connectivity index (χ0) is 11.9. The van der Waals surface area contributed by atoms with Gasteiger partial charge < -0.3 is 9.47 Å². The molecule has 0 N–H and O–H groups in total. The highest BCUT2D eigenvalue weighted by molar-refractivity contribution is 5.58. The van der Waals surface area contributed by atoms with E-state index in [9.17, 15) is 4.79 Å². The molecular formula is C14H14O3. The van der Waals surface area contributed by atoms with Crippen LogP contribution in [0.5, 0.6) is 5.75 Å². The average Bonchev–Trinajstić information content (AvgIpc) is 2.39. The summed E-state index contributed by atoms with van der Waals surface area (Å²) in [6, 6.07) is 7.44. The fraction of sp³-hybridized carbons (Fsp3) is 0.357. The summed E-state index contributed by atoms with van der Waals surface area (Å²) in [4.78, 5) is 10.00. The fourth-order valence-electron chi connectivity index (χ4n) is 1.71. The van der Waals surface area contributed by atoms with E-state index in [0.29, 0.717) is 0 Å². The fourth-order valence-corrected chi connectivity index (χ4v) is 1.71. The number of hydrogen-bond acceptors (Lipinski definition) is 3. The number of rotatable bonds is 3. The van der Waals surface area contributed by atoms with Crippen LogP contribution in [0.2, 0.25) is 0 Å². The molecule has 0 aliphatic carbocycles. The molecule has 1 aromatic rings. The molecule has 0 aromatic heterocycles. The van der Waals surface area contributed by atoms with Crippen molar-refractivity contribution in [3.05, 3.63) is 35.6 Å². The molecule has 1 fully saturated rings. The van der Waals surface area contributed by atoms with Crippen LogP contribution in [-0.2, 0) is 9.53 Å². The number of benzene rings is 1. The van der Waals surface area contributed by atoms with Crippen molar-refractivity contribution in [2.75, 3.05) is 6.61 Å². The third kappa shape index (κ3) is 3.61. The molecule has 0 amide bonds. The highest BCUT2D eigenvalue weighted by atomic mass is 16.7. The van der Waals surface area contributed by atoms with Crippen LogP contribution in [0.4, 0.5) is 0 Å². The van der Waals surface area contributed by atoms with E-state index >= 15 is 0 Å². The van der Waals surface area contributed by atoms with Crippen LogP contribution in [0.15, 0.2) is 30.0 Å². The number of hydrogen-bond donors (Lipinski definition) is 0. The Kier molecular flexibility index (Phi) is 4.17. The standard InChI is InChI=1S/C14H14O3/c15-10-3-4-12-6-8-13(9-7-12)17-14-5-1-2-11-16-14/h4,6-9,14H,1-2,5,11H2. The predicted molar refractivity (Wildman–Crippen MR) is 64.3 cm³/mol. The minimum atomic E-state index is -0.125. The van der Waals surface area contributed by atoms with Gasteiger partial charge in [0.15, 0.2) is 12.2 Å². The molecule has 1 aromatic carbocycles. The lowest BCUT2D eigenvalue weighted by molar-refractivity contribution is -0.105. The van der Waals surface area contributed by atoms with Gasteiger partial charge in [0.05, 0.1) is 6.61 Å². The molecule has 3 heteroatoms. The zero-order valence-electron chi connectivity index (χ0n) is 9.52. The molecule has 1 unspecified atom stereocenters. The van der Waals surface area contributed by atoms with Crippen LogP contribution in [0, 0.1) is 0 Å². The third-order valence-corrected chi connectivity index (χ3v) is 2.58. The van der Waals surface area contributed by atoms with Gasteiger partial charge in [0.2, 0.25) is 0 Å². The Labute approximate surface area is 100 Å². The minimum Gasteiger partial charge on any atom is -0.465 e. The predicted octanol–water partition coefficient (Wildman–Crippen LogP) is 2.59. The monoisotopic (exact) mass is 230 g/mol. The lowest BCUT2D eigenvalue weighted by atomic mass is 10.2. The van der Waals surface area contributed by atoms with Crippen molar-refractivity contribution >= 4 is 12.0 Å². The molecule has 0 radical (unpaired) electrons. The molecule has 1 saturated heterocycles. The van der Waals surface area contributed by atoms with Gasteiger partial charge in [-0.25, -0.2) is 4.79 Å². The Hall–Kier alpha value is -1.79. The Morgan fingerprint density at radius 1 is 1.29 bits per heavy atom. The van der Waals surface area contributed by atoms with Crippen molar-refractivity contribution in [3.8, 4) is 5.75 Å². The van der Waals surface area contributed by atoms with E-state index in [2.05, 4.69) is 5.73 Å². The van der Waals surface area contributed by atoms with Gasteiger partial charge in [-0.15, -0.1) is 0 Å². The van der Waals surface area contributed by atoms with E-state index in [4.69, 9.17) is 9.47 Å². The van der Waals surface area contributed by atoms with Gasteiger partial charge in [-0.3, -0.25) is 0 Å². The molecule has 17 heavy (non-hydrogen) atoms. The molecule has 0 spiro atoms. The summed E-state index contributed by atoms with van der Waals surface area (Å²) < 4.78 is 11.2. The molecule has 1 atom stereocenters. The first kappa shape index (κ1) is 11.7. The largest absolute Gasteiger partial charge is 0.465 e. The molecule has 0 saturated carbocycles. The molecule has 0 bridgehead atoms. The van der Waals surface area contributed by atoms with Crippen molar-refractivity contribution in [1.82, 2.24) is 0 Å². The highest BCUT2D eigenvalue weighted by Gasteiger charge is 2.14. The summed E-state index contributed by atoms with van der Waals surface area (Å²) in [6.45, 7) is 0.773. The summed E-state index contributed by atoms with van der Waals surface area (Å²) in [5.74, 6) is 2.37. The maximum atomic E-state index is 10.00. The lowest BCUT2D eigenvalue weighted by Crippen LogP contribution is -2.24. The molecular weight excluding hydrogens is 216 g/mol. The van der Waals surface area contributed by atoms with Crippen molar-refractivity contribution in [1.29, 1.82) is 0 Å². The van der Waals surface area contributed by atoms with Crippen LogP contribution >= 0.6 is 0 Å². The van der Waals surface area contributed by atoms with Gasteiger partial charge in [-0.05, 0) is 42.3 Å². The number of carbonyl (C=O) groups excluding carboxylic acids is 1. The van der Waals surface area contributed by atoms with Crippen LogP contribution in [-0.4, -0.2) is 18.8 Å². The molecule has 1 heterocycles. The first-order valence-electron chi connectivity index (χ1n) is 5.73. The van der Waals surface area contributed by atoms with Gasteiger partial charge in [0.1, 0.15) is 5.75 Å². The first-order valence-corrected chi connectivity index (χ1v) is 5.73. The summed E-state index contributed by atoms with van der Waals surface area (Å²) >= 11 is 0. The van der Waals surface area contributed by atoms with Gasteiger partial charge in [-0.2, -0.15) is 0 Å². The highest BCUT2D eigenvalue weighted by Crippen LogP contribution is 2.19. The quantitative estimate of drug-likeness (QED) is 0.591. The number of ether oxygens (including phenoxy) is 2. The second-order valence-electron chi connectivity index (χ2n) is 3.87. The Morgan fingerprint density at radius 3 is 2.76 bits per heavy atom. The summed E-state index contributed by atoms with van der Waals surface area (Å²) in [7, 11) is 0. The van der Waals surface area contributed by atoms with Crippen molar-refractivity contribution in [3.63, 3.8) is 0 Å². The van der Waals surface area contributed by atoms with Crippen molar-refractivity contribution < 1.29 is 14.3 Å². The molecule has 1 aliphatic heterocycles. The normalized spacial score (nSPS) is 18.9. The van der Waals surface area contributed by atoms with Crippen molar-refractivity contribution in [2.45, 2.75) is 25.6 Å². The first-order chi connectivity index (χ1) is 8.38.